The summed E-state index contributed by atoms with van der Waals surface area (Å²) in [7, 11) is 1.52. The van der Waals surface area contributed by atoms with Crippen LogP contribution in [0, 0.1) is 40.4 Å². The monoisotopic (exact) mass is 360 g/mol. The van der Waals surface area contributed by atoms with E-state index in [2.05, 4.69) is 26.8 Å². The zero-order chi connectivity index (χ0) is 18.7. The van der Waals surface area contributed by atoms with Gasteiger partial charge in [0.2, 0.25) is 0 Å². The Morgan fingerprint density at radius 2 is 2.00 bits per heavy atom. The molecule has 1 N–H and O–H groups in total. The molecule has 3 heteroatoms. The smallest absolute Gasteiger partial charge is 0.308 e. The molecule has 146 valence electrons. The van der Waals surface area contributed by atoms with Crippen molar-refractivity contribution >= 4 is 5.97 Å². The predicted molar refractivity (Wildman–Crippen MR) is 102 cm³/mol. The van der Waals surface area contributed by atoms with Crippen molar-refractivity contribution in [1.29, 1.82) is 0 Å². The first-order valence-electron chi connectivity index (χ1n) is 10.8. The molecule has 0 radical (unpaired) electrons. The highest BCUT2D eigenvalue weighted by molar-refractivity contribution is 5.72. The summed E-state index contributed by atoms with van der Waals surface area (Å²) in [4.78, 5) is 12.2. The van der Waals surface area contributed by atoms with E-state index in [1.165, 1.54) is 26.4 Å². The number of rotatable bonds is 2. The molecule has 26 heavy (non-hydrogen) atoms. The van der Waals surface area contributed by atoms with Crippen LogP contribution in [0.15, 0.2) is 11.6 Å². The molecule has 0 aromatic carbocycles. The van der Waals surface area contributed by atoms with E-state index in [9.17, 15) is 9.90 Å². The van der Waals surface area contributed by atoms with Gasteiger partial charge in [0.15, 0.2) is 0 Å². The third-order valence-corrected chi connectivity index (χ3v) is 9.25. The number of aliphatic hydroxyl groups is 1. The van der Waals surface area contributed by atoms with Crippen LogP contribution in [-0.4, -0.2) is 24.3 Å². The number of fused-ring (bicyclic) bond motifs is 5. The molecular formula is C23H36O3. The SMILES string of the molecule is COC(=O)[C@@H](C)C1CCC2C3CC[C@@H]4C[C@H](O)CC[C@]4(C)C3=CC[C@@]21C. The van der Waals surface area contributed by atoms with Crippen molar-refractivity contribution in [3.05, 3.63) is 11.6 Å². The fourth-order valence-corrected chi connectivity index (χ4v) is 7.71. The van der Waals surface area contributed by atoms with Crippen LogP contribution in [0.2, 0.25) is 0 Å². The number of aliphatic hydroxyl groups excluding tert-OH is 1. The standard InChI is InChI=1S/C23H36O3/c1-14(21(25)26-4)18-7-8-19-17-6-5-15-13-16(24)9-11-22(15,2)20(17)10-12-23(18,19)3/h10,14-19,24H,5-9,11-13H2,1-4H3/t14-,15+,16+,17?,18?,19?,22-,23+/m0/s1. The van der Waals surface area contributed by atoms with Gasteiger partial charge in [-0.15, -0.1) is 0 Å². The highest BCUT2D eigenvalue weighted by atomic mass is 16.5. The topological polar surface area (TPSA) is 46.5 Å². The molecule has 0 spiro atoms. The molecule has 4 aliphatic carbocycles. The van der Waals surface area contributed by atoms with E-state index < -0.39 is 0 Å². The zero-order valence-electron chi connectivity index (χ0n) is 17.0. The predicted octanol–water partition coefficient (Wildman–Crippen LogP) is 4.74. The molecule has 3 unspecified atom stereocenters. The average Bonchev–Trinajstić information content (AvgIpc) is 2.98. The summed E-state index contributed by atoms with van der Waals surface area (Å²) in [6.07, 6.45) is 11.7. The Hall–Kier alpha value is -0.830. The molecule has 0 aromatic rings. The lowest BCUT2D eigenvalue weighted by atomic mass is 9.48. The number of esters is 1. The first-order valence-corrected chi connectivity index (χ1v) is 10.8. The highest BCUT2D eigenvalue weighted by Crippen LogP contribution is 2.66. The minimum atomic E-state index is -0.0872. The second-order valence-electron chi connectivity index (χ2n) is 10.2. The van der Waals surface area contributed by atoms with Crippen molar-refractivity contribution in [3.8, 4) is 0 Å². The second kappa shape index (κ2) is 6.36. The summed E-state index contributed by atoms with van der Waals surface area (Å²) in [5, 5.41) is 10.2. The van der Waals surface area contributed by atoms with Crippen LogP contribution in [0.5, 0.6) is 0 Å². The van der Waals surface area contributed by atoms with Gasteiger partial charge in [0.1, 0.15) is 0 Å². The second-order valence-corrected chi connectivity index (χ2v) is 10.2. The van der Waals surface area contributed by atoms with E-state index in [1.54, 1.807) is 5.57 Å². The Bertz CT molecular complexity index is 611. The van der Waals surface area contributed by atoms with Gasteiger partial charge in [0, 0.05) is 0 Å². The third kappa shape index (κ3) is 2.52. The molecule has 0 heterocycles. The molecule has 4 rings (SSSR count). The van der Waals surface area contributed by atoms with E-state index in [0.717, 1.165) is 32.1 Å². The lowest BCUT2D eigenvalue weighted by Gasteiger charge is -2.57. The molecule has 0 bridgehead atoms. The molecule has 0 aliphatic heterocycles. The largest absolute Gasteiger partial charge is 0.469 e. The number of ether oxygens (including phenoxy) is 1. The first-order chi connectivity index (χ1) is 12.3. The van der Waals surface area contributed by atoms with Crippen molar-refractivity contribution < 1.29 is 14.6 Å². The van der Waals surface area contributed by atoms with Gasteiger partial charge in [-0.25, -0.2) is 0 Å². The zero-order valence-corrected chi connectivity index (χ0v) is 17.0. The van der Waals surface area contributed by atoms with Gasteiger partial charge in [0.25, 0.3) is 0 Å². The maximum atomic E-state index is 12.2. The Morgan fingerprint density at radius 3 is 2.73 bits per heavy atom. The number of allylic oxidation sites excluding steroid dienone is 2. The summed E-state index contributed by atoms with van der Waals surface area (Å²) >= 11 is 0. The molecule has 0 aromatic heterocycles. The Labute approximate surface area is 158 Å². The van der Waals surface area contributed by atoms with Gasteiger partial charge in [0.05, 0.1) is 19.1 Å². The fourth-order valence-electron chi connectivity index (χ4n) is 7.71. The highest BCUT2D eigenvalue weighted by Gasteiger charge is 2.58. The third-order valence-electron chi connectivity index (χ3n) is 9.25. The number of methoxy groups -OCH3 is 1. The Balaban J connectivity index is 1.63. The van der Waals surface area contributed by atoms with Crippen molar-refractivity contribution in [2.75, 3.05) is 7.11 Å². The van der Waals surface area contributed by atoms with Crippen LogP contribution in [0.1, 0.15) is 72.1 Å². The lowest BCUT2D eigenvalue weighted by molar-refractivity contribution is -0.148. The lowest BCUT2D eigenvalue weighted by Crippen LogP contribution is -2.49. The minimum absolute atomic E-state index is 0.00158. The molecular weight excluding hydrogens is 324 g/mol. The van der Waals surface area contributed by atoms with E-state index in [4.69, 9.17) is 4.74 Å². The van der Waals surface area contributed by atoms with Gasteiger partial charge in [-0.3, -0.25) is 4.79 Å². The molecule has 0 amide bonds. The van der Waals surface area contributed by atoms with Gasteiger partial charge in [-0.2, -0.15) is 0 Å². The van der Waals surface area contributed by atoms with Crippen LogP contribution in [0.25, 0.3) is 0 Å². The summed E-state index contributed by atoms with van der Waals surface area (Å²) in [6, 6.07) is 0. The number of hydrogen-bond acceptors (Lipinski definition) is 3. The summed E-state index contributed by atoms with van der Waals surface area (Å²) in [5.74, 6) is 2.47. The maximum absolute atomic E-state index is 12.2. The van der Waals surface area contributed by atoms with Crippen molar-refractivity contribution in [2.24, 2.45) is 40.4 Å². The maximum Gasteiger partial charge on any atom is 0.308 e. The van der Waals surface area contributed by atoms with Crippen LogP contribution in [0.4, 0.5) is 0 Å². The van der Waals surface area contributed by atoms with E-state index in [1.807, 2.05) is 0 Å². The number of hydrogen-bond donors (Lipinski definition) is 1. The summed E-state index contributed by atoms with van der Waals surface area (Å²) in [5.41, 5.74) is 2.25. The van der Waals surface area contributed by atoms with E-state index >= 15 is 0 Å². The van der Waals surface area contributed by atoms with Crippen LogP contribution in [-0.2, 0) is 9.53 Å². The van der Waals surface area contributed by atoms with E-state index in [0.29, 0.717) is 29.1 Å². The molecule has 3 saturated carbocycles. The number of carbonyl (C=O) groups is 1. The van der Waals surface area contributed by atoms with Crippen LogP contribution in [0.3, 0.4) is 0 Å². The fraction of sp³-hybridized carbons (Fsp3) is 0.870. The molecule has 4 aliphatic rings. The number of carbonyl (C=O) groups excluding carboxylic acids is 1. The molecule has 3 fully saturated rings. The molecule has 8 atom stereocenters. The van der Waals surface area contributed by atoms with Gasteiger partial charge in [-0.05, 0) is 85.9 Å². The van der Waals surface area contributed by atoms with Gasteiger partial charge < -0.3 is 9.84 Å². The Kier molecular flexibility index (Phi) is 4.53. The quantitative estimate of drug-likeness (QED) is 0.572. The van der Waals surface area contributed by atoms with Crippen LogP contribution >= 0.6 is 0 Å². The Morgan fingerprint density at radius 1 is 1.23 bits per heavy atom. The minimum Gasteiger partial charge on any atom is -0.469 e. The van der Waals surface area contributed by atoms with Crippen molar-refractivity contribution in [2.45, 2.75) is 78.2 Å². The van der Waals surface area contributed by atoms with Gasteiger partial charge >= 0.3 is 5.97 Å². The summed E-state index contributed by atoms with van der Waals surface area (Å²) in [6.45, 7) is 7.00. The molecule has 0 saturated heterocycles. The van der Waals surface area contributed by atoms with Crippen molar-refractivity contribution in [1.82, 2.24) is 0 Å². The first kappa shape index (κ1) is 18.5. The molecule has 3 nitrogen and oxygen atoms in total. The van der Waals surface area contributed by atoms with Gasteiger partial charge in [-0.1, -0.05) is 32.4 Å². The normalized spacial score (nSPS) is 48.7. The van der Waals surface area contributed by atoms with Crippen LogP contribution < -0.4 is 0 Å². The van der Waals surface area contributed by atoms with E-state index in [-0.39, 0.29) is 23.4 Å². The summed E-state index contributed by atoms with van der Waals surface area (Å²) < 4.78 is 5.07. The van der Waals surface area contributed by atoms with Crippen molar-refractivity contribution in [3.63, 3.8) is 0 Å². The average molecular weight is 361 g/mol.